The maximum Gasteiger partial charge on any atom is 0.271 e. The van der Waals surface area contributed by atoms with Gasteiger partial charge in [-0.25, -0.2) is 9.97 Å². The topological polar surface area (TPSA) is 104 Å². The molecule has 5 rings (SSSR count). The monoisotopic (exact) mass is 481 g/mol. The third-order valence-corrected chi connectivity index (χ3v) is 6.88. The minimum absolute atomic E-state index is 0.130. The van der Waals surface area contributed by atoms with Gasteiger partial charge in [0.2, 0.25) is 5.95 Å². The van der Waals surface area contributed by atoms with E-state index in [0.29, 0.717) is 36.2 Å². The van der Waals surface area contributed by atoms with Gasteiger partial charge < -0.3 is 25.0 Å². The Hall–Kier alpha value is -2.94. The van der Waals surface area contributed by atoms with Crippen LogP contribution in [-0.2, 0) is 6.54 Å². The molecule has 0 spiro atoms. The van der Waals surface area contributed by atoms with Crippen LogP contribution >= 0.6 is 11.6 Å². The van der Waals surface area contributed by atoms with E-state index >= 15 is 0 Å². The maximum atomic E-state index is 13.6. The van der Waals surface area contributed by atoms with Crippen molar-refractivity contribution in [2.24, 2.45) is 0 Å². The Morgan fingerprint density at radius 2 is 2.09 bits per heavy atom. The van der Waals surface area contributed by atoms with E-state index in [9.17, 15) is 15.0 Å². The lowest BCUT2D eigenvalue weighted by Gasteiger charge is -2.29. The lowest BCUT2D eigenvalue weighted by molar-refractivity contribution is 0.0595. The number of fused-ring (bicyclic) bond motifs is 1. The number of aliphatic hydroxyl groups is 2. The van der Waals surface area contributed by atoms with E-state index in [0.717, 1.165) is 36.1 Å². The van der Waals surface area contributed by atoms with E-state index in [4.69, 9.17) is 11.6 Å². The van der Waals surface area contributed by atoms with Gasteiger partial charge in [0.05, 0.1) is 24.4 Å². The second-order valence-electron chi connectivity index (χ2n) is 8.99. The summed E-state index contributed by atoms with van der Waals surface area (Å²) in [5.74, 6) is 0.391. The molecule has 0 saturated heterocycles. The van der Waals surface area contributed by atoms with Crippen LogP contribution in [0.2, 0.25) is 5.02 Å². The summed E-state index contributed by atoms with van der Waals surface area (Å²) < 4.78 is 1.96. The molecule has 3 N–H and O–H groups in total. The summed E-state index contributed by atoms with van der Waals surface area (Å²) in [6.45, 7) is 1.06. The van der Waals surface area contributed by atoms with Crippen LogP contribution < -0.4 is 5.32 Å². The largest absolute Gasteiger partial charge is 0.394 e. The zero-order valence-electron chi connectivity index (χ0n) is 18.8. The van der Waals surface area contributed by atoms with E-state index in [1.54, 1.807) is 23.2 Å². The molecule has 1 amide bonds. The Bertz CT molecular complexity index is 1180. The molecule has 3 heterocycles. The number of benzene rings is 1. The number of hydrogen-bond acceptors (Lipinski definition) is 6. The van der Waals surface area contributed by atoms with Crippen molar-refractivity contribution in [2.45, 2.75) is 50.4 Å². The molecule has 1 fully saturated rings. The molecule has 3 atom stereocenters. The third-order valence-electron chi connectivity index (χ3n) is 6.65. The number of nitrogens with one attached hydrogen (secondary N) is 1. The van der Waals surface area contributed by atoms with Gasteiger partial charge in [0.25, 0.3) is 5.91 Å². The van der Waals surface area contributed by atoms with Gasteiger partial charge in [-0.15, -0.1) is 0 Å². The van der Waals surface area contributed by atoms with E-state index in [1.807, 2.05) is 35.0 Å². The number of nitrogens with zero attached hydrogens (tertiary/aromatic N) is 4. The fourth-order valence-electron chi connectivity index (χ4n) is 4.93. The molecule has 0 unspecified atom stereocenters. The number of rotatable bonds is 6. The number of carbonyl (C=O) groups is 1. The molecule has 1 saturated carbocycles. The first kappa shape index (κ1) is 22.8. The first-order chi connectivity index (χ1) is 16.5. The molecule has 2 aliphatic rings. The van der Waals surface area contributed by atoms with Gasteiger partial charge in [0.1, 0.15) is 5.69 Å². The molecule has 1 aromatic carbocycles. The number of aliphatic hydroxyl groups excluding tert-OH is 2. The number of hydrogen-bond donors (Lipinski definition) is 3. The molecule has 0 bridgehead atoms. The summed E-state index contributed by atoms with van der Waals surface area (Å²) >= 11 is 6.16. The highest BCUT2D eigenvalue weighted by Crippen LogP contribution is 2.30. The highest BCUT2D eigenvalue weighted by atomic mass is 35.5. The Morgan fingerprint density at radius 1 is 1.21 bits per heavy atom. The molecular formula is C25H28ClN5O3. The van der Waals surface area contributed by atoms with Crippen molar-refractivity contribution in [3.63, 3.8) is 0 Å². The second kappa shape index (κ2) is 9.74. The molecular weight excluding hydrogens is 454 g/mol. The molecule has 1 aliphatic heterocycles. The summed E-state index contributed by atoms with van der Waals surface area (Å²) in [7, 11) is 0. The lowest BCUT2D eigenvalue weighted by atomic mass is 10.1. The highest BCUT2D eigenvalue weighted by Gasteiger charge is 2.30. The molecule has 2 aromatic heterocycles. The van der Waals surface area contributed by atoms with Gasteiger partial charge in [0.15, 0.2) is 0 Å². The van der Waals surface area contributed by atoms with E-state index in [-0.39, 0.29) is 24.7 Å². The normalized spacial score (nSPS) is 21.3. The average Bonchev–Trinajstić information content (AvgIpc) is 3.41. The maximum absolute atomic E-state index is 13.6. The van der Waals surface area contributed by atoms with Crippen molar-refractivity contribution in [1.29, 1.82) is 0 Å². The SMILES string of the molecule is O=C1c2cc(-c3ccnc(N[C@H]4CC[C@@H](O)C4)n3)cn2CCCN1[C@H](CO)c1cccc(Cl)c1. The summed E-state index contributed by atoms with van der Waals surface area (Å²) in [5, 5.41) is 23.8. The van der Waals surface area contributed by atoms with Crippen LogP contribution in [0.3, 0.4) is 0 Å². The number of anilines is 1. The summed E-state index contributed by atoms with van der Waals surface area (Å²) in [4.78, 5) is 24.3. The number of halogens is 1. The summed E-state index contributed by atoms with van der Waals surface area (Å²) in [6, 6.07) is 10.7. The van der Waals surface area contributed by atoms with Crippen LogP contribution in [0, 0.1) is 0 Å². The van der Waals surface area contributed by atoms with Crippen molar-refractivity contribution in [3.05, 3.63) is 65.1 Å². The van der Waals surface area contributed by atoms with Crippen LogP contribution in [0.25, 0.3) is 11.3 Å². The molecule has 34 heavy (non-hydrogen) atoms. The van der Waals surface area contributed by atoms with Crippen LogP contribution in [0.1, 0.15) is 47.8 Å². The molecule has 8 nitrogen and oxygen atoms in total. The summed E-state index contributed by atoms with van der Waals surface area (Å²) in [6.07, 6.45) is 6.52. The van der Waals surface area contributed by atoms with E-state index in [1.165, 1.54) is 0 Å². The predicted molar refractivity (Wildman–Crippen MR) is 130 cm³/mol. The number of amides is 1. The van der Waals surface area contributed by atoms with Crippen LogP contribution in [0.4, 0.5) is 5.95 Å². The molecule has 178 valence electrons. The Morgan fingerprint density at radius 3 is 2.85 bits per heavy atom. The van der Waals surface area contributed by atoms with Crippen molar-refractivity contribution >= 4 is 23.5 Å². The molecule has 0 radical (unpaired) electrons. The minimum atomic E-state index is -0.465. The van der Waals surface area contributed by atoms with Crippen molar-refractivity contribution in [2.75, 3.05) is 18.5 Å². The van der Waals surface area contributed by atoms with Gasteiger partial charge in [-0.05, 0) is 55.5 Å². The smallest absolute Gasteiger partial charge is 0.271 e. The van der Waals surface area contributed by atoms with Gasteiger partial charge >= 0.3 is 0 Å². The number of carbonyl (C=O) groups excluding carboxylic acids is 1. The van der Waals surface area contributed by atoms with Crippen molar-refractivity contribution < 1.29 is 15.0 Å². The Kier molecular flexibility index (Phi) is 6.54. The van der Waals surface area contributed by atoms with E-state index in [2.05, 4.69) is 15.3 Å². The minimum Gasteiger partial charge on any atom is -0.394 e. The quantitative estimate of drug-likeness (QED) is 0.498. The average molecular weight is 482 g/mol. The van der Waals surface area contributed by atoms with Gasteiger partial charge in [-0.3, -0.25) is 4.79 Å². The van der Waals surface area contributed by atoms with Crippen LogP contribution in [-0.4, -0.2) is 60.9 Å². The molecule has 3 aromatic rings. The summed E-state index contributed by atoms with van der Waals surface area (Å²) in [5.41, 5.74) is 2.95. The van der Waals surface area contributed by atoms with Crippen molar-refractivity contribution in [3.8, 4) is 11.3 Å². The standard InChI is InChI=1S/C25H28ClN5O3/c26-18-4-1-3-16(11-18)23(15-32)31-10-2-9-30-14-17(12-22(30)24(31)34)21-7-8-27-25(29-21)28-19-5-6-20(33)13-19/h1,3-4,7-8,11-12,14,19-20,23,32-33H,2,5-6,9-10,13,15H2,(H,27,28,29)/t19-,20+,23+/m0/s1. The zero-order valence-corrected chi connectivity index (χ0v) is 19.5. The van der Waals surface area contributed by atoms with E-state index < -0.39 is 6.04 Å². The zero-order chi connectivity index (χ0) is 23.7. The van der Waals surface area contributed by atoms with Gasteiger partial charge in [-0.2, -0.15) is 0 Å². The third kappa shape index (κ3) is 4.66. The predicted octanol–water partition coefficient (Wildman–Crippen LogP) is 3.50. The van der Waals surface area contributed by atoms with Crippen molar-refractivity contribution in [1.82, 2.24) is 19.4 Å². The highest BCUT2D eigenvalue weighted by molar-refractivity contribution is 6.30. The first-order valence-corrected chi connectivity index (χ1v) is 12.0. The fourth-order valence-corrected chi connectivity index (χ4v) is 5.13. The van der Waals surface area contributed by atoms with Gasteiger partial charge in [-0.1, -0.05) is 23.7 Å². The lowest BCUT2D eigenvalue weighted by Crippen LogP contribution is -2.36. The fraction of sp³-hybridized carbons (Fsp3) is 0.400. The number of aryl methyl sites for hydroxylation is 1. The Labute approximate surface area is 203 Å². The van der Waals surface area contributed by atoms with Crippen LogP contribution in [0.5, 0.6) is 0 Å². The van der Waals surface area contributed by atoms with Gasteiger partial charge in [0, 0.05) is 42.1 Å². The molecule has 9 heteroatoms. The molecule has 1 aliphatic carbocycles. The number of aromatic nitrogens is 3. The van der Waals surface area contributed by atoms with Crippen LogP contribution in [0.15, 0.2) is 48.8 Å². The Balaban J connectivity index is 1.40. The second-order valence-corrected chi connectivity index (χ2v) is 9.42. The first-order valence-electron chi connectivity index (χ1n) is 11.7.